The zero-order chi connectivity index (χ0) is 15.6. The quantitative estimate of drug-likeness (QED) is 0.526. The highest BCUT2D eigenvalue weighted by atomic mass is 79.9. The van der Waals surface area contributed by atoms with Crippen LogP contribution in [0.15, 0.2) is 34.8 Å². The van der Waals surface area contributed by atoms with Gasteiger partial charge in [0, 0.05) is 16.6 Å². The van der Waals surface area contributed by atoms with Crippen molar-refractivity contribution in [1.29, 1.82) is 5.26 Å². The maximum absolute atomic E-state index is 11.0. The first-order valence-corrected chi connectivity index (χ1v) is 6.98. The lowest BCUT2D eigenvalue weighted by molar-refractivity contribution is -0.385. The van der Waals surface area contributed by atoms with Crippen LogP contribution in [-0.2, 0) is 0 Å². The minimum atomic E-state index is -0.615. The first-order chi connectivity index (χ1) is 9.92. The summed E-state index contributed by atoms with van der Waals surface area (Å²) in [5.41, 5.74) is 0.121. The van der Waals surface area contributed by atoms with Gasteiger partial charge in [-0.3, -0.25) is 10.1 Å². The number of nitro groups is 1. The van der Waals surface area contributed by atoms with E-state index in [1.807, 2.05) is 6.07 Å². The molecule has 0 heterocycles. The number of hydrogen-bond acceptors (Lipinski definition) is 4. The molecule has 0 aliphatic carbocycles. The molecule has 0 atom stereocenters. The van der Waals surface area contributed by atoms with E-state index < -0.39 is 4.92 Å². The van der Waals surface area contributed by atoms with Crippen molar-refractivity contribution < 1.29 is 9.66 Å². The van der Waals surface area contributed by atoms with Gasteiger partial charge in [0.25, 0.3) is 0 Å². The van der Waals surface area contributed by atoms with E-state index in [4.69, 9.17) is 33.2 Å². The van der Waals surface area contributed by atoms with E-state index in [1.54, 1.807) is 0 Å². The van der Waals surface area contributed by atoms with E-state index >= 15 is 0 Å². The Morgan fingerprint density at radius 1 is 1.24 bits per heavy atom. The van der Waals surface area contributed by atoms with Crippen LogP contribution in [0.2, 0.25) is 10.0 Å². The molecule has 0 unspecified atom stereocenters. The Hall–Kier alpha value is -1.81. The fraction of sp³-hybridized carbons (Fsp3) is 0. The van der Waals surface area contributed by atoms with E-state index in [0.29, 0.717) is 15.8 Å². The summed E-state index contributed by atoms with van der Waals surface area (Å²) in [7, 11) is 0. The van der Waals surface area contributed by atoms with Crippen molar-refractivity contribution >= 4 is 44.8 Å². The van der Waals surface area contributed by atoms with Gasteiger partial charge in [0.1, 0.15) is 11.8 Å². The van der Waals surface area contributed by atoms with E-state index in [2.05, 4.69) is 15.9 Å². The number of benzene rings is 2. The molecule has 2 aromatic carbocycles. The third kappa shape index (κ3) is 3.45. The second-order valence-corrected chi connectivity index (χ2v) is 5.52. The third-order valence-electron chi connectivity index (χ3n) is 2.49. The molecule has 0 saturated heterocycles. The van der Waals surface area contributed by atoms with Crippen LogP contribution in [0.1, 0.15) is 5.56 Å². The molecule has 0 aromatic heterocycles. The van der Waals surface area contributed by atoms with E-state index in [9.17, 15) is 10.1 Å². The molecule has 0 bridgehead atoms. The molecule has 0 saturated carbocycles. The minimum Gasteiger partial charge on any atom is -0.450 e. The summed E-state index contributed by atoms with van der Waals surface area (Å²) in [5.74, 6) is 0.286. The predicted molar refractivity (Wildman–Crippen MR) is 82.0 cm³/mol. The predicted octanol–water partition coefficient (Wildman–Crippen LogP) is 5.33. The van der Waals surface area contributed by atoms with Crippen molar-refractivity contribution in [2.75, 3.05) is 0 Å². The van der Waals surface area contributed by atoms with E-state index in [1.165, 1.54) is 24.3 Å². The van der Waals surface area contributed by atoms with Gasteiger partial charge >= 0.3 is 5.69 Å². The molecular formula is C13H5BrCl2N2O3. The molecular weight excluding hydrogens is 383 g/mol. The van der Waals surface area contributed by atoms with Crippen LogP contribution in [0.3, 0.4) is 0 Å². The lowest BCUT2D eigenvalue weighted by Gasteiger charge is -2.08. The molecule has 0 aliphatic rings. The SMILES string of the molecule is N#Cc1ccc(Oc2cc(Cl)c(Cl)cc2[N+](=O)[O-])cc1Br. The zero-order valence-corrected chi connectivity index (χ0v) is 13.2. The van der Waals surface area contributed by atoms with Gasteiger partial charge < -0.3 is 4.74 Å². The topological polar surface area (TPSA) is 76.2 Å². The number of nitriles is 1. The largest absolute Gasteiger partial charge is 0.450 e. The number of rotatable bonds is 3. The van der Waals surface area contributed by atoms with Crippen LogP contribution in [0.5, 0.6) is 11.5 Å². The van der Waals surface area contributed by atoms with Crippen LogP contribution in [-0.4, -0.2) is 4.92 Å². The van der Waals surface area contributed by atoms with Crippen LogP contribution in [0.4, 0.5) is 5.69 Å². The fourth-order valence-corrected chi connectivity index (χ4v) is 2.28. The van der Waals surface area contributed by atoms with Crippen molar-refractivity contribution in [3.63, 3.8) is 0 Å². The van der Waals surface area contributed by atoms with Crippen molar-refractivity contribution in [2.45, 2.75) is 0 Å². The molecule has 0 spiro atoms. The van der Waals surface area contributed by atoms with Crippen LogP contribution in [0.25, 0.3) is 0 Å². The molecule has 0 fully saturated rings. The first-order valence-electron chi connectivity index (χ1n) is 5.43. The maximum atomic E-state index is 11.0. The van der Waals surface area contributed by atoms with Crippen LogP contribution in [0, 0.1) is 21.4 Å². The normalized spacial score (nSPS) is 10.0. The molecule has 0 aliphatic heterocycles. The summed E-state index contributed by atoms with van der Waals surface area (Å²) in [6, 6.07) is 8.96. The molecule has 21 heavy (non-hydrogen) atoms. The summed E-state index contributed by atoms with van der Waals surface area (Å²) >= 11 is 14.8. The average molecular weight is 388 g/mol. The second-order valence-electron chi connectivity index (χ2n) is 3.85. The molecule has 106 valence electrons. The van der Waals surface area contributed by atoms with Crippen molar-refractivity contribution in [1.82, 2.24) is 0 Å². The Labute approximate surface area is 137 Å². The Balaban J connectivity index is 2.44. The number of ether oxygens (including phenoxy) is 1. The van der Waals surface area contributed by atoms with Gasteiger partial charge in [-0.1, -0.05) is 23.2 Å². The molecule has 2 aromatic rings. The highest BCUT2D eigenvalue weighted by molar-refractivity contribution is 9.10. The van der Waals surface area contributed by atoms with E-state index in [-0.39, 0.29) is 21.5 Å². The highest BCUT2D eigenvalue weighted by Crippen LogP contribution is 2.38. The Bertz CT molecular complexity index is 775. The summed E-state index contributed by atoms with van der Waals surface area (Å²) in [5, 5.41) is 20.1. The molecule has 0 radical (unpaired) electrons. The fourth-order valence-electron chi connectivity index (χ4n) is 1.52. The molecule has 8 heteroatoms. The highest BCUT2D eigenvalue weighted by Gasteiger charge is 2.19. The third-order valence-corrected chi connectivity index (χ3v) is 3.87. The summed E-state index contributed by atoms with van der Waals surface area (Å²) < 4.78 is 5.98. The van der Waals surface area contributed by atoms with Crippen molar-refractivity contribution in [3.05, 3.63) is 60.5 Å². The minimum absolute atomic E-state index is 0.0361. The van der Waals surface area contributed by atoms with Gasteiger partial charge in [0.15, 0.2) is 0 Å². The number of hydrogen-bond donors (Lipinski definition) is 0. The number of nitro benzene ring substituents is 1. The number of nitrogens with zero attached hydrogens (tertiary/aromatic N) is 2. The van der Waals surface area contributed by atoms with Crippen LogP contribution < -0.4 is 4.74 Å². The number of halogens is 3. The Morgan fingerprint density at radius 2 is 1.90 bits per heavy atom. The van der Waals surface area contributed by atoms with E-state index in [0.717, 1.165) is 6.07 Å². The summed E-state index contributed by atoms with van der Waals surface area (Å²) in [4.78, 5) is 10.4. The average Bonchev–Trinajstić information content (AvgIpc) is 2.42. The maximum Gasteiger partial charge on any atom is 0.313 e. The van der Waals surface area contributed by atoms with Crippen molar-refractivity contribution in [2.24, 2.45) is 0 Å². The molecule has 0 amide bonds. The summed E-state index contributed by atoms with van der Waals surface area (Å²) in [6.07, 6.45) is 0. The zero-order valence-electron chi connectivity index (χ0n) is 10.1. The van der Waals surface area contributed by atoms with Crippen LogP contribution >= 0.6 is 39.1 Å². The summed E-state index contributed by atoms with van der Waals surface area (Å²) in [6.45, 7) is 0. The smallest absolute Gasteiger partial charge is 0.313 e. The molecule has 2 rings (SSSR count). The Kier molecular flexibility index (Phi) is 4.68. The van der Waals surface area contributed by atoms with Crippen molar-refractivity contribution in [3.8, 4) is 17.6 Å². The second kappa shape index (κ2) is 6.31. The van der Waals surface area contributed by atoms with Gasteiger partial charge in [-0.2, -0.15) is 5.26 Å². The van der Waals surface area contributed by atoms with Gasteiger partial charge in [0.2, 0.25) is 5.75 Å². The molecule has 0 N–H and O–H groups in total. The lowest BCUT2D eigenvalue weighted by Crippen LogP contribution is -1.94. The van der Waals surface area contributed by atoms with Gasteiger partial charge in [0.05, 0.1) is 20.5 Å². The Morgan fingerprint density at radius 3 is 2.48 bits per heavy atom. The lowest BCUT2D eigenvalue weighted by atomic mass is 10.2. The van der Waals surface area contributed by atoms with Gasteiger partial charge in [-0.05, 0) is 34.1 Å². The first kappa shape index (κ1) is 15.6. The standard InChI is InChI=1S/C13H5BrCl2N2O3/c14-9-3-8(2-1-7(9)6-17)21-13-5-11(16)10(15)4-12(13)18(19)20/h1-5H. The van der Waals surface area contributed by atoms with Gasteiger partial charge in [-0.25, -0.2) is 0 Å². The monoisotopic (exact) mass is 386 g/mol. The molecule has 5 nitrogen and oxygen atoms in total. The van der Waals surface area contributed by atoms with Gasteiger partial charge in [-0.15, -0.1) is 0 Å².